The molecule has 1 aromatic carbocycles. The van der Waals surface area contributed by atoms with Crippen LogP contribution >= 0.6 is 0 Å². The Balaban J connectivity index is 2.99. The van der Waals surface area contributed by atoms with Gasteiger partial charge in [0.05, 0.1) is 12.7 Å². The van der Waals surface area contributed by atoms with Gasteiger partial charge in [0, 0.05) is 0 Å². The Hall–Kier alpha value is -2.57. The highest BCUT2D eigenvalue weighted by Gasteiger charge is 2.26. The predicted molar refractivity (Wildman–Crippen MR) is 77.5 cm³/mol. The summed E-state index contributed by atoms with van der Waals surface area (Å²) in [6.07, 6.45) is -0.858. The van der Waals surface area contributed by atoms with Gasteiger partial charge in [-0.2, -0.15) is 0 Å². The van der Waals surface area contributed by atoms with Gasteiger partial charge in [-0.15, -0.1) is 0 Å². The summed E-state index contributed by atoms with van der Waals surface area (Å²) in [6, 6.07) is 4.50. The molecule has 1 atom stereocenters. The third kappa shape index (κ3) is 5.08. The number of alkyl carbamates (subject to hydrolysis) is 1. The zero-order chi connectivity index (χ0) is 16.9. The van der Waals surface area contributed by atoms with Crippen LogP contribution in [-0.2, 0) is 14.3 Å². The molecule has 0 fully saturated rings. The highest BCUT2D eigenvalue weighted by Crippen LogP contribution is 2.17. The van der Waals surface area contributed by atoms with Gasteiger partial charge in [-0.25, -0.2) is 14.4 Å². The molecule has 0 bridgehead atoms. The lowest BCUT2D eigenvalue weighted by molar-refractivity contribution is -0.139. The monoisotopic (exact) mass is 309 g/mol. The van der Waals surface area contributed by atoms with E-state index in [1.54, 1.807) is 20.8 Å². The number of benzene rings is 1. The Kier molecular flexibility index (Phi) is 5.50. The van der Waals surface area contributed by atoms with E-state index in [4.69, 9.17) is 4.74 Å². The Morgan fingerprint density at radius 3 is 2.36 bits per heavy atom. The number of esters is 1. The summed E-state index contributed by atoms with van der Waals surface area (Å²) in [5, 5.41) is 11.5. The minimum absolute atomic E-state index is 0.192. The van der Waals surface area contributed by atoms with E-state index in [0.29, 0.717) is 0 Å². The van der Waals surface area contributed by atoms with Gasteiger partial charge >= 0.3 is 18.0 Å². The second-order valence-corrected chi connectivity index (χ2v) is 5.53. The van der Waals surface area contributed by atoms with Crippen molar-refractivity contribution in [3.05, 3.63) is 35.4 Å². The number of hydrogen-bond acceptors (Lipinski definition) is 5. The van der Waals surface area contributed by atoms with Gasteiger partial charge in [0.25, 0.3) is 0 Å². The summed E-state index contributed by atoms with van der Waals surface area (Å²) >= 11 is 0. The van der Waals surface area contributed by atoms with Crippen molar-refractivity contribution in [2.75, 3.05) is 7.11 Å². The minimum Gasteiger partial charge on any atom is -0.479 e. The maximum absolute atomic E-state index is 11.7. The molecule has 2 N–H and O–H groups in total. The Bertz CT molecular complexity index is 576. The lowest BCUT2D eigenvalue weighted by Gasteiger charge is -2.22. The third-order valence-corrected chi connectivity index (χ3v) is 2.55. The van der Waals surface area contributed by atoms with Crippen molar-refractivity contribution in [1.29, 1.82) is 0 Å². The summed E-state index contributed by atoms with van der Waals surface area (Å²) in [5.41, 5.74) is -0.320. The summed E-state index contributed by atoms with van der Waals surface area (Å²) in [6.45, 7) is 5.00. The number of carbonyl (C=O) groups is 3. The molecule has 0 spiro atoms. The molecule has 22 heavy (non-hydrogen) atoms. The van der Waals surface area contributed by atoms with Crippen molar-refractivity contribution >= 4 is 18.0 Å². The van der Waals surface area contributed by atoms with Crippen LogP contribution in [0.15, 0.2) is 24.3 Å². The summed E-state index contributed by atoms with van der Waals surface area (Å²) in [4.78, 5) is 34.6. The van der Waals surface area contributed by atoms with E-state index < -0.39 is 29.7 Å². The average Bonchev–Trinajstić information content (AvgIpc) is 2.41. The van der Waals surface area contributed by atoms with Crippen molar-refractivity contribution < 1.29 is 29.0 Å². The van der Waals surface area contributed by atoms with Crippen LogP contribution in [0.5, 0.6) is 0 Å². The summed E-state index contributed by atoms with van der Waals surface area (Å²) in [7, 11) is 1.22. The van der Waals surface area contributed by atoms with Crippen molar-refractivity contribution in [2.24, 2.45) is 0 Å². The topological polar surface area (TPSA) is 102 Å². The quantitative estimate of drug-likeness (QED) is 0.826. The van der Waals surface area contributed by atoms with E-state index in [-0.39, 0.29) is 11.1 Å². The van der Waals surface area contributed by atoms with Gasteiger partial charge in [-0.1, -0.05) is 12.1 Å². The third-order valence-electron chi connectivity index (χ3n) is 2.55. The molecule has 0 aliphatic rings. The summed E-state index contributed by atoms with van der Waals surface area (Å²) in [5.74, 6) is -1.86. The van der Waals surface area contributed by atoms with Crippen molar-refractivity contribution in [3.8, 4) is 0 Å². The fourth-order valence-corrected chi connectivity index (χ4v) is 1.68. The zero-order valence-electron chi connectivity index (χ0n) is 12.9. The van der Waals surface area contributed by atoms with Gasteiger partial charge in [-0.3, -0.25) is 0 Å². The number of methoxy groups -OCH3 is 1. The van der Waals surface area contributed by atoms with Crippen LogP contribution in [0.25, 0.3) is 0 Å². The van der Waals surface area contributed by atoms with Crippen molar-refractivity contribution in [1.82, 2.24) is 5.32 Å². The van der Waals surface area contributed by atoms with Crippen LogP contribution in [0.4, 0.5) is 4.79 Å². The molecular formula is C15H19NO6. The lowest BCUT2D eigenvalue weighted by atomic mass is 10.0. The minimum atomic E-state index is -1.33. The first-order chi connectivity index (χ1) is 10.1. The van der Waals surface area contributed by atoms with Gasteiger partial charge in [-0.05, 0) is 38.5 Å². The fraction of sp³-hybridized carbons (Fsp3) is 0.400. The Labute approximate surface area is 128 Å². The SMILES string of the molecule is COC(=O)c1cccc(C(NC(=O)OC(C)(C)C)C(=O)O)c1. The molecule has 1 rings (SSSR count). The number of carboxylic acids is 1. The predicted octanol–water partition coefficient (Wildman–Crippen LogP) is 2.12. The number of aliphatic carboxylic acids is 1. The van der Waals surface area contributed by atoms with E-state index in [2.05, 4.69) is 10.1 Å². The van der Waals surface area contributed by atoms with Crippen molar-refractivity contribution in [2.45, 2.75) is 32.4 Å². The molecule has 0 aromatic heterocycles. The first-order valence-corrected chi connectivity index (χ1v) is 6.54. The number of ether oxygens (including phenoxy) is 2. The number of carbonyl (C=O) groups excluding carboxylic acids is 2. The fourth-order valence-electron chi connectivity index (χ4n) is 1.68. The molecular weight excluding hydrogens is 290 g/mol. The van der Waals surface area contributed by atoms with Crippen LogP contribution in [-0.4, -0.2) is 35.8 Å². The van der Waals surface area contributed by atoms with Crippen LogP contribution < -0.4 is 5.32 Å². The van der Waals surface area contributed by atoms with E-state index in [9.17, 15) is 19.5 Å². The largest absolute Gasteiger partial charge is 0.479 e. The number of rotatable bonds is 4. The highest BCUT2D eigenvalue weighted by atomic mass is 16.6. The van der Waals surface area contributed by atoms with Crippen LogP contribution in [0.1, 0.15) is 42.7 Å². The standard InChI is InChI=1S/C15H19NO6/c1-15(2,3)22-14(20)16-11(12(17)18)9-6-5-7-10(8-9)13(19)21-4/h5-8,11H,1-4H3,(H,16,20)(H,17,18). The van der Waals surface area contributed by atoms with Crippen LogP contribution in [0, 0.1) is 0 Å². The van der Waals surface area contributed by atoms with Crippen LogP contribution in [0.2, 0.25) is 0 Å². The summed E-state index contributed by atoms with van der Waals surface area (Å²) < 4.78 is 9.61. The van der Waals surface area contributed by atoms with Gasteiger partial charge in [0.15, 0.2) is 6.04 Å². The normalized spacial score (nSPS) is 12.2. The van der Waals surface area contributed by atoms with E-state index in [1.165, 1.54) is 31.4 Å². The lowest BCUT2D eigenvalue weighted by Crippen LogP contribution is -2.38. The number of carboxylic acid groups (broad SMARTS) is 1. The number of nitrogens with one attached hydrogen (secondary N) is 1. The second kappa shape index (κ2) is 6.93. The molecule has 1 aromatic rings. The molecule has 0 radical (unpaired) electrons. The average molecular weight is 309 g/mol. The molecule has 7 nitrogen and oxygen atoms in total. The molecule has 1 unspecified atom stereocenters. The van der Waals surface area contributed by atoms with Gasteiger partial charge < -0.3 is 19.9 Å². The Morgan fingerprint density at radius 1 is 1.23 bits per heavy atom. The maximum Gasteiger partial charge on any atom is 0.408 e. The first-order valence-electron chi connectivity index (χ1n) is 6.54. The van der Waals surface area contributed by atoms with Gasteiger partial charge in [0.2, 0.25) is 0 Å². The van der Waals surface area contributed by atoms with E-state index >= 15 is 0 Å². The molecule has 7 heteroatoms. The molecule has 1 amide bonds. The van der Waals surface area contributed by atoms with Crippen LogP contribution in [0.3, 0.4) is 0 Å². The molecule has 120 valence electrons. The molecule has 0 saturated heterocycles. The molecule has 0 heterocycles. The molecule has 0 aliphatic heterocycles. The number of hydrogen-bond donors (Lipinski definition) is 2. The highest BCUT2D eigenvalue weighted by molar-refractivity contribution is 5.90. The van der Waals surface area contributed by atoms with E-state index in [1.807, 2.05) is 0 Å². The molecule has 0 saturated carbocycles. The van der Waals surface area contributed by atoms with Gasteiger partial charge in [0.1, 0.15) is 5.60 Å². The molecule has 0 aliphatic carbocycles. The first kappa shape index (κ1) is 17.5. The maximum atomic E-state index is 11.7. The number of amides is 1. The van der Waals surface area contributed by atoms with E-state index in [0.717, 1.165) is 0 Å². The Morgan fingerprint density at radius 2 is 1.86 bits per heavy atom. The zero-order valence-corrected chi connectivity index (χ0v) is 12.9. The smallest absolute Gasteiger partial charge is 0.408 e. The second-order valence-electron chi connectivity index (χ2n) is 5.53. The van der Waals surface area contributed by atoms with Crippen molar-refractivity contribution in [3.63, 3.8) is 0 Å².